The van der Waals surface area contributed by atoms with Gasteiger partial charge < -0.3 is 15.2 Å². The summed E-state index contributed by atoms with van der Waals surface area (Å²) >= 11 is 0. The molecular formula is C20H26N6. The van der Waals surface area contributed by atoms with Crippen LogP contribution in [0.25, 0.3) is 27.9 Å². The quantitative estimate of drug-likeness (QED) is 0.741. The van der Waals surface area contributed by atoms with Crippen molar-refractivity contribution in [3.8, 4) is 11.1 Å². The summed E-state index contributed by atoms with van der Waals surface area (Å²) in [5.74, 6) is 0. The second-order valence-electron chi connectivity index (χ2n) is 6.93. The molecule has 0 aliphatic carbocycles. The highest BCUT2D eigenvalue weighted by atomic mass is 15.3. The predicted octanol–water partition coefficient (Wildman–Crippen LogP) is 3.27. The Morgan fingerprint density at radius 2 is 2.15 bits per heavy atom. The van der Waals surface area contributed by atoms with Crippen LogP contribution in [-0.2, 0) is 0 Å². The third-order valence-corrected chi connectivity index (χ3v) is 5.47. The number of pyridine rings is 1. The minimum atomic E-state index is 0.495. The van der Waals surface area contributed by atoms with Gasteiger partial charge in [-0.2, -0.15) is 5.10 Å². The fraction of sp³-hybridized carbons (Fsp3) is 0.400. The van der Waals surface area contributed by atoms with E-state index >= 15 is 0 Å². The van der Waals surface area contributed by atoms with E-state index in [9.17, 15) is 0 Å². The fourth-order valence-electron chi connectivity index (χ4n) is 3.73. The minimum Gasteiger partial charge on any atom is -0.388 e. The number of aromatic nitrogens is 4. The maximum Gasteiger partial charge on any atom is 0.137 e. The first-order valence-corrected chi connectivity index (χ1v) is 9.30. The van der Waals surface area contributed by atoms with Gasteiger partial charge >= 0.3 is 0 Å². The van der Waals surface area contributed by atoms with E-state index in [2.05, 4.69) is 55.7 Å². The van der Waals surface area contributed by atoms with Crippen LogP contribution in [0.2, 0.25) is 0 Å². The summed E-state index contributed by atoms with van der Waals surface area (Å²) < 4.78 is 2.14. The summed E-state index contributed by atoms with van der Waals surface area (Å²) in [5, 5.41) is 8.85. The molecule has 2 N–H and O–H groups in total. The van der Waals surface area contributed by atoms with E-state index in [-0.39, 0.29) is 0 Å². The molecule has 0 unspecified atom stereocenters. The Kier molecular flexibility index (Phi) is 4.51. The molecule has 4 rings (SSSR count). The zero-order valence-corrected chi connectivity index (χ0v) is 15.5. The van der Waals surface area contributed by atoms with Crippen LogP contribution in [0.1, 0.15) is 31.4 Å². The second-order valence-corrected chi connectivity index (χ2v) is 6.93. The summed E-state index contributed by atoms with van der Waals surface area (Å²) in [6.07, 6.45) is 10.3. The smallest absolute Gasteiger partial charge is 0.137 e. The molecule has 0 bridgehead atoms. The maximum atomic E-state index is 4.66. The van der Waals surface area contributed by atoms with E-state index in [4.69, 9.17) is 0 Å². The Hall–Kier alpha value is -2.60. The molecule has 6 heteroatoms. The molecule has 136 valence electrons. The van der Waals surface area contributed by atoms with Gasteiger partial charge in [0, 0.05) is 66.5 Å². The van der Waals surface area contributed by atoms with Crippen molar-refractivity contribution in [3.05, 3.63) is 43.0 Å². The minimum absolute atomic E-state index is 0.495. The van der Waals surface area contributed by atoms with E-state index in [1.165, 1.54) is 0 Å². The molecule has 1 saturated heterocycles. The van der Waals surface area contributed by atoms with Crippen LogP contribution in [0, 0.1) is 0 Å². The van der Waals surface area contributed by atoms with Crippen LogP contribution in [0.15, 0.2) is 37.4 Å². The van der Waals surface area contributed by atoms with Gasteiger partial charge in [-0.1, -0.05) is 13.5 Å². The number of H-pyrrole nitrogens is 1. The lowest BCUT2D eigenvalue weighted by atomic mass is 10.1. The first kappa shape index (κ1) is 16.8. The van der Waals surface area contributed by atoms with Crippen LogP contribution in [-0.4, -0.2) is 51.3 Å². The van der Waals surface area contributed by atoms with Crippen molar-refractivity contribution in [2.45, 2.75) is 25.8 Å². The van der Waals surface area contributed by atoms with Crippen molar-refractivity contribution in [1.82, 2.24) is 30.0 Å². The van der Waals surface area contributed by atoms with Crippen LogP contribution in [0.5, 0.6) is 0 Å². The number of fused-ring (bicyclic) bond motifs is 1. The second kappa shape index (κ2) is 6.96. The number of aromatic amines is 1. The van der Waals surface area contributed by atoms with Crippen LogP contribution < -0.4 is 5.32 Å². The highest BCUT2D eigenvalue weighted by Crippen LogP contribution is 2.30. The SMILES string of the molecule is C=C(NC)c1cnc2[nH]cc(-c3cnn(C4CCN(CC)CC4)c3)c2c1. The number of hydrogen-bond acceptors (Lipinski definition) is 4. The molecule has 0 saturated carbocycles. The van der Waals surface area contributed by atoms with E-state index in [0.717, 1.165) is 65.9 Å². The lowest BCUT2D eigenvalue weighted by Gasteiger charge is -2.31. The lowest BCUT2D eigenvalue weighted by molar-refractivity contribution is 0.187. The van der Waals surface area contributed by atoms with Crippen molar-refractivity contribution in [2.24, 2.45) is 0 Å². The number of hydrogen-bond donors (Lipinski definition) is 2. The van der Waals surface area contributed by atoms with Crippen LogP contribution >= 0.6 is 0 Å². The zero-order valence-electron chi connectivity index (χ0n) is 15.5. The van der Waals surface area contributed by atoms with Gasteiger partial charge in [-0.25, -0.2) is 4.98 Å². The third kappa shape index (κ3) is 3.01. The number of likely N-dealkylation sites (tertiary alicyclic amines) is 1. The average molecular weight is 350 g/mol. The molecule has 1 aliphatic rings. The summed E-state index contributed by atoms with van der Waals surface area (Å²) in [4.78, 5) is 10.3. The molecular weight excluding hydrogens is 324 g/mol. The molecule has 6 nitrogen and oxygen atoms in total. The molecule has 26 heavy (non-hydrogen) atoms. The molecule has 4 heterocycles. The van der Waals surface area contributed by atoms with Crippen molar-refractivity contribution in [3.63, 3.8) is 0 Å². The Morgan fingerprint density at radius 3 is 2.88 bits per heavy atom. The highest BCUT2D eigenvalue weighted by molar-refractivity contribution is 5.94. The maximum absolute atomic E-state index is 4.66. The number of nitrogens with one attached hydrogen (secondary N) is 2. The molecule has 3 aromatic rings. The molecule has 1 fully saturated rings. The number of piperidine rings is 1. The molecule has 0 spiro atoms. The summed E-state index contributed by atoms with van der Waals surface area (Å²) in [6.45, 7) is 9.71. The zero-order chi connectivity index (χ0) is 18.1. The molecule has 0 amide bonds. The Balaban J connectivity index is 1.62. The van der Waals surface area contributed by atoms with Crippen LogP contribution in [0.4, 0.5) is 0 Å². The predicted molar refractivity (Wildman–Crippen MR) is 106 cm³/mol. The van der Waals surface area contributed by atoms with Crippen molar-refractivity contribution >= 4 is 16.7 Å². The molecule has 1 aliphatic heterocycles. The standard InChI is InChI=1S/C20H26N6/c1-4-25-7-5-17(6-8-25)26-13-16(11-24-26)19-12-23-20-18(19)9-15(10-22-20)14(2)21-3/h9-13,17,21H,2,4-8H2,1,3H3,(H,22,23). The largest absolute Gasteiger partial charge is 0.388 e. The molecule has 0 atom stereocenters. The monoisotopic (exact) mass is 350 g/mol. The fourth-order valence-corrected chi connectivity index (χ4v) is 3.73. The van der Waals surface area contributed by atoms with Gasteiger partial charge in [0.1, 0.15) is 5.65 Å². The van der Waals surface area contributed by atoms with E-state index < -0.39 is 0 Å². The summed E-state index contributed by atoms with van der Waals surface area (Å²) in [7, 11) is 1.87. The lowest BCUT2D eigenvalue weighted by Crippen LogP contribution is -2.34. The van der Waals surface area contributed by atoms with Gasteiger partial charge in [0.05, 0.1) is 12.2 Å². The van der Waals surface area contributed by atoms with E-state index in [1.54, 1.807) is 0 Å². The Labute approximate surface area is 153 Å². The van der Waals surface area contributed by atoms with Gasteiger partial charge in [-0.15, -0.1) is 0 Å². The number of rotatable bonds is 5. The van der Waals surface area contributed by atoms with Gasteiger partial charge in [0.25, 0.3) is 0 Å². The summed E-state index contributed by atoms with van der Waals surface area (Å²) in [6, 6.07) is 2.62. The Bertz CT molecular complexity index is 913. The number of nitrogens with zero attached hydrogens (tertiary/aromatic N) is 4. The molecule has 0 radical (unpaired) electrons. The van der Waals surface area contributed by atoms with E-state index in [1.807, 2.05) is 25.6 Å². The van der Waals surface area contributed by atoms with Gasteiger partial charge in [0.15, 0.2) is 0 Å². The third-order valence-electron chi connectivity index (χ3n) is 5.47. The van der Waals surface area contributed by atoms with Crippen molar-refractivity contribution < 1.29 is 0 Å². The van der Waals surface area contributed by atoms with Gasteiger partial charge in [-0.3, -0.25) is 4.68 Å². The van der Waals surface area contributed by atoms with Gasteiger partial charge in [-0.05, 0) is 25.5 Å². The van der Waals surface area contributed by atoms with Crippen molar-refractivity contribution in [1.29, 1.82) is 0 Å². The Morgan fingerprint density at radius 1 is 1.35 bits per heavy atom. The first-order valence-electron chi connectivity index (χ1n) is 9.30. The topological polar surface area (TPSA) is 61.8 Å². The van der Waals surface area contributed by atoms with E-state index in [0.29, 0.717) is 6.04 Å². The first-order chi connectivity index (χ1) is 12.7. The molecule has 0 aromatic carbocycles. The van der Waals surface area contributed by atoms with Crippen molar-refractivity contribution in [2.75, 3.05) is 26.7 Å². The van der Waals surface area contributed by atoms with Crippen LogP contribution in [0.3, 0.4) is 0 Å². The van der Waals surface area contributed by atoms with Gasteiger partial charge in [0.2, 0.25) is 0 Å². The highest BCUT2D eigenvalue weighted by Gasteiger charge is 2.20. The molecule has 3 aromatic heterocycles. The summed E-state index contributed by atoms with van der Waals surface area (Å²) in [5.41, 5.74) is 5.01. The normalized spacial score (nSPS) is 16.2. The average Bonchev–Trinajstić information content (AvgIpc) is 3.33.